The van der Waals surface area contributed by atoms with E-state index in [9.17, 15) is 4.79 Å². The summed E-state index contributed by atoms with van der Waals surface area (Å²) in [5, 5.41) is 0. The quantitative estimate of drug-likeness (QED) is 0.520. The van der Waals surface area contributed by atoms with Gasteiger partial charge in [0, 0.05) is 12.3 Å². The number of hydrogen-bond acceptors (Lipinski definition) is 1. The van der Waals surface area contributed by atoms with Crippen LogP contribution < -0.4 is 0 Å². The Kier molecular flexibility index (Phi) is 1.11. The van der Waals surface area contributed by atoms with Gasteiger partial charge in [-0.15, -0.1) is 0 Å². The molecule has 0 aliphatic heterocycles. The maximum Gasteiger partial charge on any atom is 0.136 e. The molecule has 1 nitrogen and oxygen atoms in total. The molecule has 2 fully saturated rings. The van der Waals surface area contributed by atoms with Gasteiger partial charge in [0.25, 0.3) is 0 Å². The molecule has 2 aliphatic rings. The van der Waals surface area contributed by atoms with Crippen molar-refractivity contribution in [2.24, 2.45) is 11.8 Å². The van der Waals surface area contributed by atoms with Crippen LogP contribution in [0.3, 0.4) is 0 Å². The van der Waals surface area contributed by atoms with Crippen molar-refractivity contribution in [3.63, 3.8) is 0 Å². The van der Waals surface area contributed by atoms with Crippen LogP contribution in [0, 0.1) is 11.8 Å². The van der Waals surface area contributed by atoms with Gasteiger partial charge in [-0.2, -0.15) is 0 Å². The molecule has 2 aliphatic carbocycles. The summed E-state index contributed by atoms with van der Waals surface area (Å²) >= 11 is 0. The fourth-order valence-electron chi connectivity index (χ4n) is 1.77. The summed E-state index contributed by atoms with van der Waals surface area (Å²) in [5.41, 5.74) is 0. The largest absolute Gasteiger partial charge is 0.299 e. The Morgan fingerprint density at radius 1 is 1.22 bits per heavy atom. The zero-order valence-electron chi connectivity index (χ0n) is 5.60. The van der Waals surface area contributed by atoms with Crippen molar-refractivity contribution in [3.05, 3.63) is 0 Å². The number of ketones is 1. The first-order chi connectivity index (χ1) is 4.38. The third kappa shape index (κ3) is 0.707. The van der Waals surface area contributed by atoms with Gasteiger partial charge < -0.3 is 0 Å². The van der Waals surface area contributed by atoms with Crippen LogP contribution in [-0.4, -0.2) is 5.78 Å². The minimum atomic E-state index is 0.513. The van der Waals surface area contributed by atoms with Gasteiger partial charge in [-0.05, 0) is 25.2 Å². The summed E-state index contributed by atoms with van der Waals surface area (Å²) in [7, 11) is 0. The molecular formula is C8H12O. The Labute approximate surface area is 55.4 Å². The number of carbonyl (C=O) groups is 1. The Balaban J connectivity index is 1.90. The van der Waals surface area contributed by atoms with Crippen LogP contribution in [0.4, 0.5) is 0 Å². The zero-order valence-corrected chi connectivity index (χ0v) is 5.60. The second kappa shape index (κ2) is 1.83. The van der Waals surface area contributed by atoms with Crippen molar-refractivity contribution in [2.45, 2.75) is 32.1 Å². The van der Waals surface area contributed by atoms with Crippen LogP contribution in [0.2, 0.25) is 0 Å². The second-order valence-electron chi connectivity index (χ2n) is 3.30. The molecule has 1 atom stereocenters. The molecule has 0 N–H and O–H groups in total. The minimum absolute atomic E-state index is 0.513. The predicted molar refractivity (Wildman–Crippen MR) is 35.1 cm³/mol. The number of rotatable bonds is 1. The van der Waals surface area contributed by atoms with E-state index in [-0.39, 0.29) is 0 Å². The van der Waals surface area contributed by atoms with Gasteiger partial charge in [0.2, 0.25) is 0 Å². The molecule has 1 unspecified atom stereocenters. The fourth-order valence-corrected chi connectivity index (χ4v) is 1.77. The molecule has 1 heteroatoms. The molecule has 0 spiro atoms. The Morgan fingerprint density at radius 3 is 2.11 bits per heavy atom. The highest BCUT2D eigenvalue weighted by Crippen LogP contribution is 2.41. The van der Waals surface area contributed by atoms with E-state index in [1.54, 1.807) is 0 Å². The van der Waals surface area contributed by atoms with Gasteiger partial charge in [0.15, 0.2) is 0 Å². The molecule has 2 saturated carbocycles. The van der Waals surface area contributed by atoms with Crippen molar-refractivity contribution in [2.75, 3.05) is 0 Å². The first-order valence-electron chi connectivity index (χ1n) is 3.90. The number of hydrogen-bond donors (Lipinski definition) is 0. The van der Waals surface area contributed by atoms with Crippen LogP contribution in [0.5, 0.6) is 0 Å². The monoisotopic (exact) mass is 124 g/mol. The Morgan fingerprint density at radius 2 is 2.00 bits per heavy atom. The van der Waals surface area contributed by atoms with E-state index in [2.05, 4.69) is 0 Å². The van der Waals surface area contributed by atoms with E-state index in [1.165, 1.54) is 25.7 Å². The second-order valence-corrected chi connectivity index (χ2v) is 3.30. The van der Waals surface area contributed by atoms with Crippen molar-refractivity contribution in [1.29, 1.82) is 0 Å². The number of carbonyl (C=O) groups excluding carboxylic acids is 1. The fraction of sp³-hybridized carbons (Fsp3) is 0.875. The van der Waals surface area contributed by atoms with Gasteiger partial charge >= 0.3 is 0 Å². The predicted octanol–water partition coefficient (Wildman–Crippen LogP) is 1.77. The van der Waals surface area contributed by atoms with Crippen LogP contribution >= 0.6 is 0 Å². The standard InChI is InChI=1S/C8H12O/c9-8-5-4-7(8)6-2-1-3-6/h6-7H,1-5H2. The van der Waals surface area contributed by atoms with Crippen LogP contribution in [0.25, 0.3) is 0 Å². The van der Waals surface area contributed by atoms with E-state index in [4.69, 9.17) is 0 Å². The lowest BCUT2D eigenvalue weighted by Crippen LogP contribution is -2.35. The molecule has 0 aromatic rings. The molecule has 0 amide bonds. The lowest BCUT2D eigenvalue weighted by Gasteiger charge is -2.37. The summed E-state index contributed by atoms with van der Waals surface area (Å²) in [6.45, 7) is 0. The summed E-state index contributed by atoms with van der Waals surface area (Å²) in [6, 6.07) is 0. The van der Waals surface area contributed by atoms with Crippen molar-refractivity contribution >= 4 is 5.78 Å². The molecule has 0 bridgehead atoms. The molecular weight excluding hydrogens is 112 g/mol. The first kappa shape index (κ1) is 5.45. The van der Waals surface area contributed by atoms with Gasteiger partial charge in [0.1, 0.15) is 5.78 Å². The van der Waals surface area contributed by atoms with Crippen LogP contribution in [0.1, 0.15) is 32.1 Å². The maximum atomic E-state index is 10.9. The summed E-state index contributed by atoms with van der Waals surface area (Å²) < 4.78 is 0. The van der Waals surface area contributed by atoms with Crippen LogP contribution in [-0.2, 0) is 4.79 Å². The van der Waals surface area contributed by atoms with E-state index in [1.807, 2.05) is 0 Å². The third-order valence-electron chi connectivity index (χ3n) is 2.83. The Hall–Kier alpha value is -0.330. The Bertz CT molecular complexity index is 136. The smallest absolute Gasteiger partial charge is 0.136 e. The highest BCUT2D eigenvalue weighted by molar-refractivity contribution is 5.86. The average molecular weight is 124 g/mol. The molecule has 0 radical (unpaired) electrons. The minimum Gasteiger partial charge on any atom is -0.299 e. The van der Waals surface area contributed by atoms with Crippen molar-refractivity contribution in [1.82, 2.24) is 0 Å². The summed E-state index contributed by atoms with van der Waals surface area (Å²) in [5.74, 6) is 1.87. The average Bonchev–Trinajstić information content (AvgIpc) is 1.74. The third-order valence-corrected chi connectivity index (χ3v) is 2.83. The molecule has 0 saturated heterocycles. The van der Waals surface area contributed by atoms with Gasteiger partial charge in [-0.1, -0.05) is 6.42 Å². The summed E-state index contributed by atoms with van der Waals surface area (Å²) in [6.07, 6.45) is 6.10. The molecule has 0 heterocycles. The van der Waals surface area contributed by atoms with Gasteiger partial charge in [-0.3, -0.25) is 4.79 Å². The topological polar surface area (TPSA) is 17.1 Å². The SMILES string of the molecule is O=C1CCC1C1CCC1. The number of Topliss-reactive ketones (excluding diaryl/α,β-unsaturated/α-hetero) is 1. The molecule has 9 heavy (non-hydrogen) atoms. The van der Waals surface area contributed by atoms with Crippen molar-refractivity contribution in [3.8, 4) is 0 Å². The molecule has 0 aromatic heterocycles. The molecule has 2 rings (SSSR count). The van der Waals surface area contributed by atoms with E-state index in [0.29, 0.717) is 11.7 Å². The van der Waals surface area contributed by atoms with Gasteiger partial charge in [0.05, 0.1) is 0 Å². The van der Waals surface area contributed by atoms with Gasteiger partial charge in [-0.25, -0.2) is 0 Å². The molecule has 50 valence electrons. The maximum absolute atomic E-state index is 10.9. The van der Waals surface area contributed by atoms with E-state index >= 15 is 0 Å². The molecule has 0 aromatic carbocycles. The summed E-state index contributed by atoms with van der Waals surface area (Å²) in [4.78, 5) is 10.9. The van der Waals surface area contributed by atoms with E-state index < -0.39 is 0 Å². The highest BCUT2D eigenvalue weighted by atomic mass is 16.1. The van der Waals surface area contributed by atoms with E-state index in [0.717, 1.165) is 12.3 Å². The highest BCUT2D eigenvalue weighted by Gasteiger charge is 2.37. The van der Waals surface area contributed by atoms with Crippen molar-refractivity contribution < 1.29 is 4.79 Å². The lowest BCUT2D eigenvalue weighted by molar-refractivity contribution is -0.133. The van der Waals surface area contributed by atoms with Crippen LogP contribution in [0.15, 0.2) is 0 Å². The normalized spacial score (nSPS) is 35.6. The lowest BCUT2D eigenvalue weighted by atomic mass is 9.66. The zero-order chi connectivity index (χ0) is 6.27. The first-order valence-corrected chi connectivity index (χ1v) is 3.90.